The predicted molar refractivity (Wildman–Crippen MR) is 86.3 cm³/mol. The average molecular weight is 320 g/mol. The number of nitrogens with zero attached hydrogens (tertiary/aromatic N) is 2. The van der Waals surface area contributed by atoms with Gasteiger partial charge in [-0.2, -0.15) is 0 Å². The van der Waals surface area contributed by atoms with Crippen LogP contribution in [0, 0.1) is 5.92 Å². The minimum Gasteiger partial charge on any atom is -0.353 e. The van der Waals surface area contributed by atoms with Crippen molar-refractivity contribution >= 4 is 11.8 Å². The van der Waals surface area contributed by atoms with Crippen molar-refractivity contribution < 1.29 is 9.59 Å². The maximum atomic E-state index is 12.6. The summed E-state index contributed by atoms with van der Waals surface area (Å²) in [7, 11) is 1.92. The molecule has 2 N–H and O–H groups in total. The number of amides is 2. The number of hydrogen-bond acceptors (Lipinski definition) is 4. The summed E-state index contributed by atoms with van der Waals surface area (Å²) in [5.41, 5.74) is 3.40. The quantitative estimate of drug-likeness (QED) is 0.783. The third-order valence-corrected chi connectivity index (χ3v) is 6.39. The van der Waals surface area contributed by atoms with Crippen LogP contribution in [0.25, 0.3) is 0 Å². The maximum absolute atomic E-state index is 12.6. The summed E-state index contributed by atoms with van der Waals surface area (Å²) in [6.45, 7) is 0.888. The van der Waals surface area contributed by atoms with Gasteiger partial charge in [0, 0.05) is 37.6 Å². The molecule has 2 saturated carbocycles. The fraction of sp³-hybridized carbons (Fsp3) is 0.882. The van der Waals surface area contributed by atoms with Crippen LogP contribution >= 0.6 is 0 Å². The lowest BCUT2D eigenvalue weighted by atomic mass is 9.78. The van der Waals surface area contributed by atoms with Gasteiger partial charge in [0.2, 0.25) is 11.8 Å². The maximum Gasteiger partial charge on any atom is 0.241 e. The Kier molecular flexibility index (Phi) is 4.05. The molecule has 0 aromatic carbocycles. The molecule has 4 aliphatic rings. The summed E-state index contributed by atoms with van der Waals surface area (Å²) in [4.78, 5) is 27.1. The van der Waals surface area contributed by atoms with Gasteiger partial charge in [-0.05, 0) is 38.5 Å². The molecule has 4 rings (SSSR count). The van der Waals surface area contributed by atoms with E-state index in [1.54, 1.807) is 0 Å². The van der Waals surface area contributed by atoms with E-state index < -0.39 is 0 Å². The largest absolute Gasteiger partial charge is 0.353 e. The zero-order chi connectivity index (χ0) is 16.0. The Labute approximate surface area is 137 Å². The molecule has 2 amide bonds. The molecular weight excluding hydrogens is 292 g/mol. The standard InChI is InChI=1S/C17H28N4O2/c1-20-15-10-11(16(22)19-12-4-2-3-5-12)6-7-13(15)21-14(17(20)23)8-9-18-21/h11-15,18H,2-10H2,1H3,(H,19,22). The molecule has 2 heterocycles. The molecule has 128 valence electrons. The van der Waals surface area contributed by atoms with E-state index in [0.717, 1.165) is 45.1 Å². The summed E-state index contributed by atoms with van der Waals surface area (Å²) in [6.07, 6.45) is 8.36. The number of rotatable bonds is 2. The summed E-state index contributed by atoms with van der Waals surface area (Å²) < 4.78 is 0. The molecule has 4 atom stereocenters. The molecule has 0 spiro atoms. The Balaban J connectivity index is 1.43. The number of fused-ring (bicyclic) bond motifs is 3. The molecule has 2 aliphatic heterocycles. The number of likely N-dealkylation sites (N-methyl/N-ethyl adjacent to an activating group) is 1. The molecule has 4 unspecified atom stereocenters. The zero-order valence-corrected chi connectivity index (χ0v) is 14.0. The van der Waals surface area contributed by atoms with Gasteiger partial charge in [0.05, 0.1) is 0 Å². The van der Waals surface area contributed by atoms with Crippen molar-refractivity contribution in [2.24, 2.45) is 5.92 Å². The SMILES string of the molecule is CN1C(=O)C2CCNN2C2CCC(C(=O)NC3CCCC3)CC21. The Morgan fingerprint density at radius 1 is 1.13 bits per heavy atom. The van der Waals surface area contributed by atoms with Gasteiger partial charge in [-0.25, -0.2) is 5.01 Å². The first-order chi connectivity index (χ1) is 11.1. The van der Waals surface area contributed by atoms with Crippen LogP contribution in [0.3, 0.4) is 0 Å². The molecule has 2 aliphatic carbocycles. The Hall–Kier alpha value is -1.14. The number of carbonyl (C=O) groups is 2. The van der Waals surface area contributed by atoms with Crippen LogP contribution in [0.5, 0.6) is 0 Å². The summed E-state index contributed by atoms with van der Waals surface area (Å²) >= 11 is 0. The second kappa shape index (κ2) is 6.06. The molecule has 0 radical (unpaired) electrons. The first-order valence-electron chi connectivity index (χ1n) is 9.24. The van der Waals surface area contributed by atoms with Crippen molar-refractivity contribution in [1.29, 1.82) is 0 Å². The molecule has 0 aromatic heterocycles. The van der Waals surface area contributed by atoms with E-state index in [9.17, 15) is 9.59 Å². The van der Waals surface area contributed by atoms with E-state index in [2.05, 4.69) is 15.8 Å². The van der Waals surface area contributed by atoms with Crippen LogP contribution in [0.1, 0.15) is 51.4 Å². The van der Waals surface area contributed by atoms with Gasteiger partial charge in [0.1, 0.15) is 6.04 Å². The van der Waals surface area contributed by atoms with Gasteiger partial charge in [-0.3, -0.25) is 15.0 Å². The van der Waals surface area contributed by atoms with Gasteiger partial charge in [-0.15, -0.1) is 0 Å². The van der Waals surface area contributed by atoms with Gasteiger partial charge < -0.3 is 10.2 Å². The lowest BCUT2D eigenvalue weighted by Crippen LogP contribution is -2.67. The second-order valence-corrected chi connectivity index (χ2v) is 7.70. The van der Waals surface area contributed by atoms with Crippen molar-refractivity contribution in [3.05, 3.63) is 0 Å². The second-order valence-electron chi connectivity index (χ2n) is 7.70. The fourth-order valence-corrected chi connectivity index (χ4v) is 5.07. The first kappa shape index (κ1) is 15.4. The average Bonchev–Trinajstić information content (AvgIpc) is 3.23. The highest BCUT2D eigenvalue weighted by Gasteiger charge is 2.50. The fourth-order valence-electron chi connectivity index (χ4n) is 5.07. The monoisotopic (exact) mass is 320 g/mol. The van der Waals surface area contributed by atoms with Gasteiger partial charge >= 0.3 is 0 Å². The minimum absolute atomic E-state index is 0.00474. The van der Waals surface area contributed by atoms with Crippen molar-refractivity contribution in [3.63, 3.8) is 0 Å². The van der Waals surface area contributed by atoms with Crippen LogP contribution in [-0.4, -0.2) is 59.5 Å². The number of hydrazine groups is 1. The first-order valence-corrected chi connectivity index (χ1v) is 9.24. The smallest absolute Gasteiger partial charge is 0.241 e. The Morgan fingerprint density at radius 3 is 2.70 bits per heavy atom. The number of hydrogen-bond donors (Lipinski definition) is 2. The van der Waals surface area contributed by atoms with Crippen LogP contribution in [0.4, 0.5) is 0 Å². The Morgan fingerprint density at radius 2 is 1.91 bits per heavy atom. The molecular formula is C17H28N4O2. The van der Waals surface area contributed by atoms with Crippen LogP contribution in [-0.2, 0) is 9.59 Å². The summed E-state index contributed by atoms with van der Waals surface area (Å²) in [6, 6.07) is 0.916. The third-order valence-electron chi connectivity index (χ3n) is 6.39. The van der Waals surface area contributed by atoms with Crippen LogP contribution in [0.2, 0.25) is 0 Å². The molecule has 0 bridgehead atoms. The summed E-state index contributed by atoms with van der Waals surface area (Å²) in [5, 5.41) is 5.44. The van der Waals surface area contributed by atoms with Crippen LogP contribution < -0.4 is 10.7 Å². The van der Waals surface area contributed by atoms with Gasteiger partial charge in [-0.1, -0.05) is 12.8 Å². The topological polar surface area (TPSA) is 64.7 Å². The minimum atomic E-state index is 0.00474. The molecule has 4 fully saturated rings. The van der Waals surface area contributed by atoms with E-state index >= 15 is 0 Å². The molecule has 6 heteroatoms. The van der Waals surface area contributed by atoms with E-state index in [0.29, 0.717) is 12.1 Å². The van der Waals surface area contributed by atoms with Gasteiger partial charge in [0.15, 0.2) is 0 Å². The van der Waals surface area contributed by atoms with Crippen molar-refractivity contribution in [2.45, 2.75) is 75.5 Å². The van der Waals surface area contributed by atoms with Crippen molar-refractivity contribution in [1.82, 2.24) is 20.7 Å². The molecule has 6 nitrogen and oxygen atoms in total. The highest BCUT2D eigenvalue weighted by atomic mass is 16.2. The highest BCUT2D eigenvalue weighted by Crippen LogP contribution is 2.36. The number of piperazine rings is 1. The van der Waals surface area contributed by atoms with E-state index in [4.69, 9.17) is 0 Å². The number of carbonyl (C=O) groups excluding carboxylic acids is 2. The summed E-state index contributed by atoms with van der Waals surface area (Å²) in [5.74, 6) is 0.493. The lowest BCUT2D eigenvalue weighted by Gasteiger charge is -2.50. The molecule has 2 saturated heterocycles. The highest BCUT2D eigenvalue weighted by molar-refractivity contribution is 5.84. The van der Waals surface area contributed by atoms with Crippen molar-refractivity contribution in [3.8, 4) is 0 Å². The molecule has 23 heavy (non-hydrogen) atoms. The lowest BCUT2D eigenvalue weighted by molar-refractivity contribution is -0.153. The van der Waals surface area contributed by atoms with Gasteiger partial charge in [0.25, 0.3) is 0 Å². The van der Waals surface area contributed by atoms with E-state index in [1.807, 2.05) is 11.9 Å². The van der Waals surface area contributed by atoms with E-state index in [-0.39, 0.29) is 29.8 Å². The normalized spacial score (nSPS) is 38.5. The predicted octanol–water partition coefficient (Wildman–Crippen LogP) is 0.633. The third kappa shape index (κ3) is 2.66. The van der Waals surface area contributed by atoms with E-state index in [1.165, 1.54) is 12.8 Å². The van der Waals surface area contributed by atoms with Crippen molar-refractivity contribution in [2.75, 3.05) is 13.6 Å². The zero-order valence-electron chi connectivity index (χ0n) is 14.0. The molecule has 0 aromatic rings. The Bertz CT molecular complexity index is 491. The van der Waals surface area contributed by atoms with Crippen LogP contribution in [0.15, 0.2) is 0 Å². The number of nitrogens with one attached hydrogen (secondary N) is 2.